The molecule has 5 aromatic carbocycles. The Morgan fingerprint density at radius 1 is 0.647 bits per heavy atom. The van der Waals surface area contributed by atoms with Gasteiger partial charge in [0.15, 0.2) is 23.9 Å². The lowest BCUT2D eigenvalue weighted by Crippen LogP contribution is -2.66. The Balaban J connectivity index is 1.00. The van der Waals surface area contributed by atoms with Crippen LogP contribution in [0.5, 0.6) is 46.0 Å². The summed E-state index contributed by atoms with van der Waals surface area (Å²) < 4.78 is 56.6. The maximum atomic E-state index is 16.7. The molecular formula is C95H123Cl2N11O28. The van der Waals surface area contributed by atoms with E-state index in [9.17, 15) is 60.0 Å². The van der Waals surface area contributed by atoms with E-state index in [4.69, 9.17) is 71.6 Å². The topological polar surface area (TPSA) is 570 Å². The number of benzene rings is 5. The molecule has 740 valence electrons. The minimum Gasteiger partial charge on any atom is -0.507 e. The van der Waals surface area contributed by atoms with Crippen LogP contribution < -0.4 is 72.5 Å². The summed E-state index contributed by atoms with van der Waals surface area (Å²) in [6, 6.07) is -0.852. The fourth-order valence-electron chi connectivity index (χ4n) is 19.3. The number of hydrogen-bond donors (Lipinski definition) is 18. The number of aliphatic hydroxyl groups excluding tert-OH is 6. The van der Waals surface area contributed by atoms with Crippen molar-refractivity contribution >= 4 is 88.7 Å². The van der Waals surface area contributed by atoms with Crippen LogP contribution in [0.15, 0.2) is 78.9 Å². The largest absolute Gasteiger partial charge is 0.507 e. The van der Waals surface area contributed by atoms with E-state index in [2.05, 4.69) is 54.8 Å². The fraction of sp³-hybridized carbons (Fsp3) is 0.568. The second-order valence-electron chi connectivity index (χ2n) is 39.2. The Hall–Kier alpha value is -11.1. The first kappa shape index (κ1) is 102. The summed E-state index contributed by atoms with van der Waals surface area (Å²) in [5.74, 6) is -14.5. The number of nitrogens with two attached hydrogens (primary N) is 1. The van der Waals surface area contributed by atoms with Crippen LogP contribution in [-0.4, -0.2) is 228 Å². The zero-order valence-electron chi connectivity index (χ0n) is 77.6. The number of nitrogens with one attached hydrogen (secondary N) is 9. The molecule has 7 aliphatic heterocycles. The number of amides is 11. The second-order valence-corrected chi connectivity index (χ2v) is 40.0. The molecule has 5 aromatic rings. The number of nitrogens with zero attached hydrogens (tertiary/aromatic N) is 1. The van der Waals surface area contributed by atoms with Crippen LogP contribution in [0.25, 0.3) is 11.1 Å². The van der Waals surface area contributed by atoms with Crippen molar-refractivity contribution in [1.29, 1.82) is 0 Å². The highest BCUT2D eigenvalue weighted by atomic mass is 35.5. The number of aliphatic hydroxyl groups is 6. The van der Waals surface area contributed by atoms with E-state index in [0.29, 0.717) is 18.3 Å². The third-order valence-electron chi connectivity index (χ3n) is 25.8. The number of halogens is 2. The number of ether oxygens (including phenoxy) is 9. The highest BCUT2D eigenvalue weighted by Crippen LogP contribution is 2.55. The number of carbonyl (C=O) groups is 11. The van der Waals surface area contributed by atoms with E-state index in [1.165, 1.54) is 39.1 Å². The first-order chi connectivity index (χ1) is 64.1. The van der Waals surface area contributed by atoms with Crippen LogP contribution in [0.2, 0.25) is 10.0 Å². The Morgan fingerprint density at radius 3 is 1.85 bits per heavy atom. The third-order valence-corrected chi connectivity index (χ3v) is 26.4. The Labute approximate surface area is 795 Å². The van der Waals surface area contributed by atoms with E-state index in [-0.39, 0.29) is 64.3 Å². The molecule has 0 aromatic heterocycles. The molecule has 4 saturated carbocycles. The van der Waals surface area contributed by atoms with Crippen molar-refractivity contribution in [3.63, 3.8) is 0 Å². The van der Waals surface area contributed by atoms with Crippen molar-refractivity contribution < 1.29 is 136 Å². The molecule has 0 spiro atoms. The van der Waals surface area contributed by atoms with Gasteiger partial charge in [0.2, 0.25) is 59.3 Å². The highest BCUT2D eigenvalue weighted by molar-refractivity contribution is 6.32. The summed E-state index contributed by atoms with van der Waals surface area (Å²) in [5.41, 5.74) is -0.308. The van der Waals surface area contributed by atoms with Crippen LogP contribution in [0.4, 0.5) is 14.4 Å². The Bertz CT molecular complexity index is 5300. The molecule has 7 heterocycles. The monoisotopic (exact) mass is 1940 g/mol. The minimum absolute atomic E-state index is 0.0126. The average Bonchev–Trinajstić information content (AvgIpc) is 0.732. The van der Waals surface area contributed by atoms with Gasteiger partial charge in [-0.25, -0.2) is 14.4 Å². The van der Waals surface area contributed by atoms with Crippen molar-refractivity contribution in [3.05, 3.63) is 117 Å². The summed E-state index contributed by atoms with van der Waals surface area (Å²) in [4.78, 5) is 167. The van der Waals surface area contributed by atoms with Gasteiger partial charge in [-0.3, -0.25) is 43.3 Å². The van der Waals surface area contributed by atoms with E-state index >= 15 is 33.6 Å². The lowest BCUT2D eigenvalue weighted by molar-refractivity contribution is -0.334. The summed E-state index contributed by atoms with van der Waals surface area (Å²) in [6.07, 6.45) is -13.8. The summed E-state index contributed by atoms with van der Waals surface area (Å²) in [6.45, 7) is 17.2. The number of phenolic OH excluding ortho intramolecular Hbond substituents is 2. The van der Waals surface area contributed by atoms with E-state index in [0.717, 1.165) is 130 Å². The summed E-state index contributed by atoms with van der Waals surface area (Å²) >= 11 is 14.6. The van der Waals surface area contributed by atoms with Crippen LogP contribution in [0.3, 0.4) is 0 Å². The van der Waals surface area contributed by atoms with E-state index in [1.807, 2.05) is 0 Å². The van der Waals surface area contributed by atoms with Gasteiger partial charge in [-0.2, -0.15) is 0 Å². The van der Waals surface area contributed by atoms with Gasteiger partial charge >= 0.3 is 18.3 Å². The highest BCUT2D eigenvalue weighted by Gasteiger charge is 2.55. The SMILES string of the molecule is CCCCCCCCNC(=O)Oc1cc(O)c2c(c1)[C@@H](C(=O)NC1C3CC4CC(C3)CC1C4)NC(=O)[C@H]1NC(=O)[C@H](NC(=O)[C@@H]3NC(=O)[C@H](CC(N)=O)NC(=O)[C@H](NC(=O)[C@@H](CC(C)C)N(C)C(=O)OC(C)(C)C)[C@H](O)c4ccc(c(Cl)c4)Oc4cc3cc(c4OC3OC(CO)C(O)C(O)C3OC3CC(C)(NC(=O)OC(C)(C)C)C(O)C(C)O3)Oc3ccc(cc3Cl)[C@H]1O)c1ccc(O)c-2c1. The maximum absolute atomic E-state index is 16.7. The minimum atomic E-state index is -2.44. The van der Waals surface area contributed by atoms with Crippen LogP contribution in [0.1, 0.15) is 224 Å². The van der Waals surface area contributed by atoms with Crippen molar-refractivity contribution in [2.24, 2.45) is 35.3 Å². The number of hydrogen-bond acceptors (Lipinski definition) is 28. The van der Waals surface area contributed by atoms with Crippen molar-refractivity contribution in [1.82, 2.24) is 52.8 Å². The van der Waals surface area contributed by atoms with Crippen molar-refractivity contribution in [2.75, 3.05) is 20.2 Å². The molecule has 11 amide bonds. The number of likely N-dealkylation sites (N-methyl/N-ethyl adjacent to an activating group) is 1. The van der Waals surface area contributed by atoms with Gasteiger partial charge < -0.3 is 137 Å². The van der Waals surface area contributed by atoms with Crippen LogP contribution >= 0.6 is 23.2 Å². The molecular weight excluding hydrogens is 1810 g/mol. The molecule has 11 aliphatic rings. The van der Waals surface area contributed by atoms with Crippen LogP contribution in [-0.2, 0) is 62.0 Å². The molecule has 18 atom stereocenters. The Kier molecular flexibility index (Phi) is 31.9. The lowest BCUT2D eigenvalue weighted by Gasteiger charge is -2.54. The first-order valence-electron chi connectivity index (χ1n) is 46.0. The van der Waals surface area contributed by atoms with Gasteiger partial charge in [0, 0.05) is 43.2 Å². The van der Waals surface area contributed by atoms with Crippen LogP contribution in [0, 0.1) is 29.6 Å². The van der Waals surface area contributed by atoms with Crippen molar-refractivity contribution in [3.8, 4) is 57.1 Å². The Morgan fingerprint density at radius 2 is 1.24 bits per heavy atom. The first-order valence-corrected chi connectivity index (χ1v) is 46.7. The average molecular weight is 1940 g/mol. The smallest absolute Gasteiger partial charge is 0.412 e. The number of unbranched alkanes of at least 4 members (excludes halogenated alkanes) is 5. The van der Waals surface area contributed by atoms with E-state index < -0.39 is 273 Å². The number of aromatic hydroxyl groups is 2. The number of fused-ring (bicyclic) bond motifs is 15. The van der Waals surface area contributed by atoms with Gasteiger partial charge in [0.1, 0.15) is 119 Å². The standard InChI is InChI=1S/C95H123Cl2N11O28/c1-13-14-15-16-17-18-25-99-90(125)129-52-37-54-68(60(111)38-52)53-32-46(19-22-59(53)110)70-84(120)106-74(88(124)104-72(54)86(122)101-69-49-28-44-27-45(30-49)31-50(69)29-44)76(114)48-21-24-62(56(97)34-48)131-64-36-51-35-63(79(64)134-89-80(78(116)77(115)65(41-109)132-89)133-67-40-95(11,81(117)43(4)128-67)107-91(126)135-93(5,6)7)130-61-23-20-47(33-55(61)96)75(113)73(87(123)100-57(39-66(98)112)82(118)102-71(51)85(121)103-70)105-83(119)58(26-42(2)3)108(12)92(127)136-94(8,9)10/h19-24,32-38,42-45,49-50,57-58,65,67,69-78,80-81,89,109-111,113-117H,13-18,25-31,39-41H2,1-12H3,(H2,98,112)(H,99,125)(H,100,123)(H,101,122)(H,102,118)(H,103,121)(H,104,124)(H,105,119)(H,106,120)(H,107,126)/t43?,44?,45?,49?,50?,57-,58+,65?,67?,69?,70+,71+,72-,73+,74-,75+,76+,77?,78?,80?,81?,89?,95?/m0/s1. The molecule has 9 unspecified atom stereocenters. The molecule has 4 aliphatic carbocycles. The lowest BCUT2D eigenvalue weighted by atomic mass is 9.54. The number of primary amides is 1. The molecule has 15 bridgehead atoms. The summed E-state index contributed by atoms with van der Waals surface area (Å²) in [7, 11) is 1.27. The normalized spacial score (nSPS) is 29.0. The quantitative estimate of drug-likeness (QED) is 0.0276. The van der Waals surface area contributed by atoms with Gasteiger partial charge in [-0.15, -0.1) is 0 Å². The number of phenols is 2. The van der Waals surface area contributed by atoms with Gasteiger partial charge in [0.25, 0.3) is 0 Å². The maximum Gasteiger partial charge on any atom is 0.412 e. The van der Waals surface area contributed by atoms with Gasteiger partial charge in [-0.05, 0) is 212 Å². The predicted molar refractivity (Wildman–Crippen MR) is 486 cm³/mol. The predicted octanol–water partition coefficient (Wildman–Crippen LogP) is 7.92. The second kappa shape index (κ2) is 42.5. The van der Waals surface area contributed by atoms with Gasteiger partial charge in [-0.1, -0.05) is 94.3 Å². The molecule has 16 rings (SSSR count). The molecule has 6 fully saturated rings. The molecule has 39 nitrogen and oxygen atoms in total. The molecule has 19 N–H and O–H groups in total. The third kappa shape index (κ3) is 23.8. The zero-order valence-corrected chi connectivity index (χ0v) is 79.1. The summed E-state index contributed by atoms with van der Waals surface area (Å²) in [5, 5.41) is 121. The number of rotatable bonds is 23. The number of carbonyl (C=O) groups excluding carboxylic acids is 11. The zero-order chi connectivity index (χ0) is 98.8. The molecule has 41 heteroatoms. The molecule has 0 radical (unpaired) electrons. The molecule has 136 heavy (non-hydrogen) atoms. The van der Waals surface area contributed by atoms with Gasteiger partial charge in [0.05, 0.1) is 34.7 Å². The van der Waals surface area contributed by atoms with Crippen molar-refractivity contribution in [2.45, 2.75) is 293 Å². The fourth-order valence-corrected chi connectivity index (χ4v) is 19.8. The number of alkyl carbamates (subject to hydrolysis) is 1. The van der Waals surface area contributed by atoms with E-state index in [1.54, 1.807) is 55.4 Å². The molecule has 2 saturated heterocycles.